The van der Waals surface area contributed by atoms with Gasteiger partial charge in [-0.3, -0.25) is 0 Å². The number of methoxy groups -OCH3 is 2. The summed E-state index contributed by atoms with van der Waals surface area (Å²) in [6, 6.07) is 24.3. The van der Waals surface area contributed by atoms with E-state index in [2.05, 4.69) is 0 Å². The standard InChI is InChI=1S/C25H32N2O6S.C22H34N2O6S/c1-31-21-7-9-22(10-8-21)33-23-11-17-27(18-12-23)34(29,30)24-13-15-26(16-14-24)25(28)32-19-20-5-3-2-4-6-20;1-22(2,3)30-21(25)23-13-11-20(12-14-23)31(26,27)24-15-9-19(10-16-24)29-18-7-5-17(28-4)6-8-18/h2-10,23-24H,11-19H2,1H3;5-8,19-20H,9-16H2,1-4H3. The Hall–Kier alpha value is -4.78. The van der Waals surface area contributed by atoms with E-state index in [0.717, 1.165) is 28.6 Å². The number of amides is 2. The minimum absolute atomic E-state index is 0.00568. The summed E-state index contributed by atoms with van der Waals surface area (Å²) in [5.74, 6) is 3.06. The number of piperidine rings is 4. The molecule has 0 radical (unpaired) electrons. The van der Waals surface area contributed by atoms with E-state index in [1.54, 1.807) is 32.6 Å². The predicted octanol–water partition coefficient (Wildman–Crippen LogP) is 6.94. The summed E-state index contributed by atoms with van der Waals surface area (Å²) < 4.78 is 88.9. The molecule has 4 aliphatic rings. The molecule has 3 aromatic carbocycles. The highest BCUT2D eigenvalue weighted by atomic mass is 32.2. The van der Waals surface area contributed by atoms with E-state index in [4.69, 9.17) is 28.4 Å². The number of sulfonamides is 2. The van der Waals surface area contributed by atoms with Crippen molar-refractivity contribution in [2.24, 2.45) is 0 Å². The van der Waals surface area contributed by atoms with Crippen molar-refractivity contribution in [3.63, 3.8) is 0 Å². The van der Waals surface area contributed by atoms with Crippen molar-refractivity contribution in [3.05, 3.63) is 84.4 Å². The molecule has 0 aromatic heterocycles. The van der Waals surface area contributed by atoms with Crippen LogP contribution in [0.4, 0.5) is 9.59 Å². The second-order valence-corrected chi connectivity index (χ2v) is 22.2. The summed E-state index contributed by atoms with van der Waals surface area (Å²) in [6.45, 7) is 9.05. The normalized spacial score (nSPS) is 19.1. The van der Waals surface area contributed by atoms with Gasteiger partial charge in [0.1, 0.15) is 47.4 Å². The van der Waals surface area contributed by atoms with E-state index in [9.17, 15) is 26.4 Å². The van der Waals surface area contributed by atoms with Gasteiger partial charge in [0.05, 0.1) is 24.7 Å². The minimum atomic E-state index is -3.41. The summed E-state index contributed by atoms with van der Waals surface area (Å²) in [4.78, 5) is 27.8. The Labute approximate surface area is 385 Å². The molecule has 2 amide bonds. The molecule has 7 rings (SSSR count). The van der Waals surface area contributed by atoms with Crippen LogP contribution in [-0.2, 0) is 36.1 Å². The Balaban J connectivity index is 0.000000216. The molecular formula is C47H66N4O12S2. The van der Waals surface area contributed by atoms with Gasteiger partial charge >= 0.3 is 12.2 Å². The topological polar surface area (TPSA) is 171 Å². The maximum Gasteiger partial charge on any atom is 0.410 e. The first kappa shape index (κ1) is 49.6. The first-order valence-electron chi connectivity index (χ1n) is 22.6. The van der Waals surface area contributed by atoms with E-state index in [0.29, 0.717) is 104 Å². The Kier molecular flexibility index (Phi) is 17.3. The molecule has 0 atom stereocenters. The van der Waals surface area contributed by atoms with Gasteiger partial charge in [-0.15, -0.1) is 0 Å². The van der Waals surface area contributed by atoms with Crippen LogP contribution in [-0.4, -0.2) is 142 Å². The predicted molar refractivity (Wildman–Crippen MR) is 246 cm³/mol. The Morgan fingerprint density at radius 3 is 1.26 bits per heavy atom. The van der Waals surface area contributed by atoms with Crippen LogP contribution in [0, 0.1) is 0 Å². The molecule has 0 bridgehead atoms. The number of nitrogens with zero attached hydrogens (tertiary/aromatic N) is 4. The monoisotopic (exact) mass is 942 g/mol. The lowest BCUT2D eigenvalue weighted by Gasteiger charge is -2.37. The highest BCUT2D eigenvalue weighted by molar-refractivity contribution is 7.90. The summed E-state index contributed by atoms with van der Waals surface area (Å²) in [5, 5.41) is -0.921. The second kappa shape index (κ2) is 22.6. The minimum Gasteiger partial charge on any atom is -0.497 e. The van der Waals surface area contributed by atoms with Gasteiger partial charge in [-0.2, -0.15) is 0 Å². The van der Waals surface area contributed by atoms with Gasteiger partial charge in [-0.1, -0.05) is 30.3 Å². The molecule has 18 heteroatoms. The first-order chi connectivity index (χ1) is 31.0. The smallest absolute Gasteiger partial charge is 0.410 e. The molecule has 16 nitrogen and oxygen atoms in total. The zero-order valence-corrected chi connectivity index (χ0v) is 40.0. The van der Waals surface area contributed by atoms with E-state index < -0.39 is 42.2 Å². The highest BCUT2D eigenvalue weighted by Crippen LogP contribution is 2.29. The first-order valence-corrected chi connectivity index (χ1v) is 25.6. The van der Waals surface area contributed by atoms with Crippen LogP contribution in [0.25, 0.3) is 0 Å². The molecule has 65 heavy (non-hydrogen) atoms. The fourth-order valence-electron chi connectivity index (χ4n) is 8.33. The highest BCUT2D eigenvalue weighted by Gasteiger charge is 2.40. The fourth-order valence-corrected chi connectivity index (χ4v) is 12.2. The van der Waals surface area contributed by atoms with Crippen molar-refractivity contribution in [1.29, 1.82) is 0 Å². The van der Waals surface area contributed by atoms with Crippen LogP contribution in [0.3, 0.4) is 0 Å². The van der Waals surface area contributed by atoms with Gasteiger partial charge in [-0.05, 0) is 126 Å². The average Bonchev–Trinajstić information content (AvgIpc) is 3.31. The zero-order valence-electron chi connectivity index (χ0n) is 38.3. The van der Waals surface area contributed by atoms with Crippen molar-refractivity contribution in [3.8, 4) is 23.0 Å². The van der Waals surface area contributed by atoms with Gasteiger partial charge in [0.25, 0.3) is 0 Å². The molecule has 4 saturated heterocycles. The average molecular weight is 943 g/mol. The summed E-state index contributed by atoms with van der Waals surface area (Å²) >= 11 is 0. The second-order valence-electron chi connectivity index (χ2n) is 17.8. The maximum absolute atomic E-state index is 13.2. The molecule has 0 spiro atoms. The molecule has 4 aliphatic heterocycles. The van der Waals surface area contributed by atoms with Crippen LogP contribution in [0.15, 0.2) is 78.9 Å². The number of rotatable bonds is 12. The van der Waals surface area contributed by atoms with Gasteiger partial charge in [0, 0.05) is 52.4 Å². The number of hydrogen-bond acceptors (Lipinski definition) is 12. The number of carbonyl (C=O) groups is 2. The molecular weight excluding hydrogens is 877 g/mol. The summed E-state index contributed by atoms with van der Waals surface area (Å²) in [6.07, 6.45) is 3.53. The maximum atomic E-state index is 13.2. The molecule has 358 valence electrons. The Morgan fingerprint density at radius 1 is 0.523 bits per heavy atom. The lowest BCUT2D eigenvalue weighted by atomic mass is 10.1. The van der Waals surface area contributed by atoms with E-state index in [1.807, 2.05) is 99.6 Å². The van der Waals surface area contributed by atoms with E-state index >= 15 is 0 Å². The van der Waals surface area contributed by atoms with E-state index in [1.165, 1.54) is 0 Å². The molecule has 4 fully saturated rings. The van der Waals surface area contributed by atoms with Gasteiger partial charge in [0.15, 0.2) is 0 Å². The Bertz CT molecular complexity index is 2180. The van der Waals surface area contributed by atoms with Gasteiger partial charge in [0.2, 0.25) is 20.0 Å². The number of benzene rings is 3. The number of carbonyl (C=O) groups excluding carboxylic acids is 2. The quantitative estimate of drug-likeness (QED) is 0.184. The lowest BCUT2D eigenvalue weighted by Crippen LogP contribution is -2.50. The van der Waals surface area contributed by atoms with Crippen molar-refractivity contribution >= 4 is 32.2 Å². The van der Waals surface area contributed by atoms with Crippen LogP contribution in [0.2, 0.25) is 0 Å². The summed E-state index contributed by atoms with van der Waals surface area (Å²) in [5.41, 5.74) is 0.366. The van der Waals surface area contributed by atoms with Crippen molar-refractivity contribution in [2.45, 2.75) is 107 Å². The lowest BCUT2D eigenvalue weighted by molar-refractivity contribution is 0.0216. The largest absolute Gasteiger partial charge is 0.497 e. The van der Waals surface area contributed by atoms with Crippen molar-refractivity contribution in [2.75, 3.05) is 66.6 Å². The van der Waals surface area contributed by atoms with Crippen molar-refractivity contribution in [1.82, 2.24) is 18.4 Å². The van der Waals surface area contributed by atoms with Crippen LogP contribution in [0.1, 0.15) is 77.7 Å². The molecule has 0 aliphatic carbocycles. The van der Waals surface area contributed by atoms with E-state index in [-0.39, 0.29) is 24.9 Å². The molecule has 0 N–H and O–H groups in total. The van der Waals surface area contributed by atoms with Crippen LogP contribution >= 0.6 is 0 Å². The fraction of sp³-hybridized carbons (Fsp3) is 0.574. The third kappa shape index (κ3) is 14.1. The van der Waals surface area contributed by atoms with Crippen LogP contribution < -0.4 is 18.9 Å². The van der Waals surface area contributed by atoms with Gasteiger partial charge in [-0.25, -0.2) is 35.0 Å². The molecule has 0 unspecified atom stereocenters. The molecule has 3 aromatic rings. The van der Waals surface area contributed by atoms with Gasteiger partial charge < -0.3 is 38.2 Å². The Morgan fingerprint density at radius 2 is 0.892 bits per heavy atom. The number of ether oxygens (including phenoxy) is 6. The zero-order chi connectivity index (χ0) is 46.6. The SMILES string of the molecule is COc1ccc(OC2CCN(S(=O)(=O)C3CCN(C(=O)OC(C)(C)C)CC3)CC2)cc1.COc1ccc(OC2CCN(S(=O)(=O)C3CCN(C(=O)OCc4ccccc4)CC3)CC2)cc1. The van der Waals surface area contributed by atoms with Crippen LogP contribution in [0.5, 0.6) is 23.0 Å². The third-order valence-electron chi connectivity index (χ3n) is 12.1. The third-order valence-corrected chi connectivity index (χ3v) is 16.9. The molecule has 4 heterocycles. The summed E-state index contributed by atoms with van der Waals surface area (Å²) in [7, 11) is -3.57. The number of hydrogen-bond donors (Lipinski definition) is 0. The number of likely N-dealkylation sites (tertiary alicyclic amines) is 2. The molecule has 0 saturated carbocycles. The van der Waals surface area contributed by atoms with Crippen molar-refractivity contribution < 1.29 is 54.8 Å².